The lowest BCUT2D eigenvalue weighted by Gasteiger charge is -2.14. The molecule has 0 aliphatic carbocycles. The van der Waals surface area contributed by atoms with E-state index in [9.17, 15) is 13.2 Å². The van der Waals surface area contributed by atoms with Gasteiger partial charge in [-0.2, -0.15) is 18.4 Å². The molecule has 2 nitrogen and oxygen atoms in total. The monoisotopic (exact) mass is 354 g/mol. The van der Waals surface area contributed by atoms with Crippen LogP contribution >= 0.6 is 15.9 Å². The van der Waals surface area contributed by atoms with E-state index in [-0.39, 0.29) is 12.1 Å². The fraction of sp³-hybridized carbons (Fsp3) is 0.133. The molecule has 2 rings (SSSR count). The molecule has 2 aromatic carbocycles. The van der Waals surface area contributed by atoms with Crippen LogP contribution in [0.2, 0.25) is 0 Å². The molecule has 0 aromatic heterocycles. The molecule has 0 bridgehead atoms. The summed E-state index contributed by atoms with van der Waals surface area (Å²) in [6.07, 6.45) is -4.37. The molecule has 0 atom stereocenters. The summed E-state index contributed by atoms with van der Waals surface area (Å²) in [6, 6.07) is 12.3. The van der Waals surface area contributed by atoms with Crippen LogP contribution in [0.25, 0.3) is 0 Å². The van der Waals surface area contributed by atoms with Gasteiger partial charge in [-0.3, -0.25) is 0 Å². The van der Waals surface area contributed by atoms with Gasteiger partial charge in [0.2, 0.25) is 0 Å². The van der Waals surface area contributed by atoms with Gasteiger partial charge in [-0.1, -0.05) is 18.2 Å². The van der Waals surface area contributed by atoms with Crippen LogP contribution < -0.4 is 5.32 Å². The lowest BCUT2D eigenvalue weighted by molar-refractivity contribution is -0.138. The first-order chi connectivity index (χ1) is 9.91. The Hall–Kier alpha value is -2.00. The van der Waals surface area contributed by atoms with Gasteiger partial charge in [-0.15, -0.1) is 0 Å². The maximum Gasteiger partial charge on any atom is 0.416 e. The molecule has 0 fully saturated rings. The molecule has 0 saturated heterocycles. The SMILES string of the molecule is N#Cc1ccc(NCc2ccccc2C(F)(F)F)c(Br)c1. The third-order valence-corrected chi connectivity index (χ3v) is 3.55. The van der Waals surface area contributed by atoms with Crippen molar-refractivity contribution >= 4 is 21.6 Å². The van der Waals surface area contributed by atoms with Crippen LogP contribution in [0.5, 0.6) is 0 Å². The second-order valence-electron chi connectivity index (χ2n) is 4.31. The number of benzene rings is 2. The molecule has 1 N–H and O–H groups in total. The van der Waals surface area contributed by atoms with Crippen LogP contribution in [0, 0.1) is 11.3 Å². The molecule has 2 aromatic rings. The van der Waals surface area contributed by atoms with Gasteiger partial charge in [0.1, 0.15) is 0 Å². The van der Waals surface area contributed by atoms with Crippen LogP contribution in [0.15, 0.2) is 46.9 Å². The van der Waals surface area contributed by atoms with E-state index in [1.165, 1.54) is 12.1 Å². The van der Waals surface area contributed by atoms with E-state index in [1.54, 1.807) is 24.3 Å². The predicted octanol–water partition coefficient (Wildman–Crippen LogP) is 4.95. The fourth-order valence-corrected chi connectivity index (χ4v) is 2.39. The minimum absolute atomic E-state index is 0.0418. The Kier molecular flexibility index (Phi) is 4.53. The van der Waals surface area contributed by atoms with E-state index >= 15 is 0 Å². The van der Waals surface area contributed by atoms with Crippen LogP contribution in [-0.4, -0.2) is 0 Å². The number of nitrogens with zero attached hydrogens (tertiary/aromatic N) is 1. The van der Waals surface area contributed by atoms with Crippen molar-refractivity contribution in [2.75, 3.05) is 5.32 Å². The highest BCUT2D eigenvalue weighted by Gasteiger charge is 2.32. The second-order valence-corrected chi connectivity index (χ2v) is 5.17. The van der Waals surface area contributed by atoms with E-state index < -0.39 is 11.7 Å². The Bertz CT molecular complexity index is 690. The molecular formula is C15H10BrF3N2. The van der Waals surface area contributed by atoms with Crippen LogP contribution in [0.3, 0.4) is 0 Å². The van der Waals surface area contributed by atoms with Crippen LogP contribution in [-0.2, 0) is 12.7 Å². The Morgan fingerprint density at radius 1 is 1.14 bits per heavy atom. The van der Waals surface area contributed by atoms with Gasteiger partial charge in [0.05, 0.1) is 17.2 Å². The Labute approximate surface area is 128 Å². The largest absolute Gasteiger partial charge is 0.416 e. The molecular weight excluding hydrogens is 345 g/mol. The number of rotatable bonds is 3. The molecule has 0 amide bonds. The number of hydrogen-bond donors (Lipinski definition) is 1. The first kappa shape index (κ1) is 15.4. The lowest BCUT2D eigenvalue weighted by Crippen LogP contribution is -2.11. The molecule has 0 aliphatic rings. The summed E-state index contributed by atoms with van der Waals surface area (Å²) in [5.74, 6) is 0. The van der Waals surface area contributed by atoms with Gasteiger partial charge in [0.15, 0.2) is 0 Å². The number of anilines is 1. The number of alkyl halides is 3. The minimum atomic E-state index is -4.37. The van der Waals surface area contributed by atoms with Crippen LogP contribution in [0.4, 0.5) is 18.9 Å². The van der Waals surface area contributed by atoms with Crippen molar-refractivity contribution in [1.29, 1.82) is 5.26 Å². The third-order valence-electron chi connectivity index (χ3n) is 2.89. The van der Waals surface area contributed by atoms with Crippen molar-refractivity contribution in [2.24, 2.45) is 0 Å². The molecule has 21 heavy (non-hydrogen) atoms. The molecule has 108 valence electrons. The zero-order valence-corrected chi connectivity index (χ0v) is 12.3. The topological polar surface area (TPSA) is 35.8 Å². The standard InChI is InChI=1S/C15H10BrF3N2/c16-13-7-10(8-20)5-6-14(13)21-9-11-3-1-2-4-12(11)15(17,18)19/h1-7,21H,9H2. The first-order valence-corrected chi connectivity index (χ1v) is 6.80. The van der Waals surface area contributed by atoms with Crippen molar-refractivity contribution in [3.63, 3.8) is 0 Å². The molecule has 0 unspecified atom stereocenters. The zero-order chi connectivity index (χ0) is 15.5. The average molecular weight is 355 g/mol. The van der Waals surface area contributed by atoms with Crippen molar-refractivity contribution in [3.05, 3.63) is 63.6 Å². The zero-order valence-electron chi connectivity index (χ0n) is 10.7. The van der Waals surface area contributed by atoms with E-state index in [0.717, 1.165) is 6.07 Å². The van der Waals surface area contributed by atoms with E-state index in [1.807, 2.05) is 6.07 Å². The Balaban J connectivity index is 2.20. The summed E-state index contributed by atoms with van der Waals surface area (Å²) in [5, 5.41) is 11.7. The highest BCUT2D eigenvalue weighted by Crippen LogP contribution is 2.32. The summed E-state index contributed by atoms with van der Waals surface area (Å²) in [6.45, 7) is 0.0418. The molecule has 0 radical (unpaired) electrons. The first-order valence-electron chi connectivity index (χ1n) is 6.00. The summed E-state index contributed by atoms with van der Waals surface area (Å²) in [5.41, 5.74) is 0.623. The molecule has 0 heterocycles. The predicted molar refractivity (Wildman–Crippen MR) is 77.6 cm³/mol. The van der Waals surface area contributed by atoms with Gasteiger partial charge < -0.3 is 5.32 Å². The van der Waals surface area contributed by atoms with Gasteiger partial charge in [0, 0.05) is 16.7 Å². The maximum atomic E-state index is 12.9. The number of hydrogen-bond acceptors (Lipinski definition) is 2. The number of nitrogens with one attached hydrogen (secondary N) is 1. The Morgan fingerprint density at radius 3 is 2.48 bits per heavy atom. The molecule has 0 saturated carbocycles. The molecule has 0 aliphatic heterocycles. The minimum Gasteiger partial charge on any atom is -0.380 e. The summed E-state index contributed by atoms with van der Waals surface area (Å²) in [7, 11) is 0. The van der Waals surface area contributed by atoms with Crippen molar-refractivity contribution in [3.8, 4) is 6.07 Å². The average Bonchev–Trinajstić information content (AvgIpc) is 2.45. The van der Waals surface area contributed by atoms with Gasteiger partial charge in [0.25, 0.3) is 0 Å². The lowest BCUT2D eigenvalue weighted by atomic mass is 10.1. The maximum absolute atomic E-state index is 12.9. The number of halogens is 4. The van der Waals surface area contributed by atoms with Gasteiger partial charge in [-0.05, 0) is 45.8 Å². The fourth-order valence-electron chi connectivity index (χ4n) is 1.87. The van der Waals surface area contributed by atoms with E-state index in [4.69, 9.17) is 5.26 Å². The Morgan fingerprint density at radius 2 is 1.86 bits per heavy atom. The summed E-state index contributed by atoms with van der Waals surface area (Å²) < 4.78 is 39.3. The highest BCUT2D eigenvalue weighted by molar-refractivity contribution is 9.10. The third kappa shape index (κ3) is 3.76. The molecule has 6 heteroatoms. The van der Waals surface area contributed by atoms with Gasteiger partial charge >= 0.3 is 6.18 Å². The summed E-state index contributed by atoms with van der Waals surface area (Å²) >= 11 is 3.28. The van der Waals surface area contributed by atoms with Crippen molar-refractivity contribution in [2.45, 2.75) is 12.7 Å². The summed E-state index contributed by atoms with van der Waals surface area (Å²) in [4.78, 5) is 0. The molecule has 0 spiro atoms. The van der Waals surface area contributed by atoms with Gasteiger partial charge in [-0.25, -0.2) is 0 Å². The smallest absolute Gasteiger partial charge is 0.380 e. The quantitative estimate of drug-likeness (QED) is 0.846. The van der Waals surface area contributed by atoms with E-state index in [2.05, 4.69) is 21.2 Å². The highest BCUT2D eigenvalue weighted by atomic mass is 79.9. The second kappa shape index (κ2) is 6.19. The number of nitriles is 1. The van der Waals surface area contributed by atoms with Crippen molar-refractivity contribution < 1.29 is 13.2 Å². The van der Waals surface area contributed by atoms with E-state index in [0.29, 0.717) is 15.7 Å². The normalized spacial score (nSPS) is 11.0. The van der Waals surface area contributed by atoms with Crippen LogP contribution in [0.1, 0.15) is 16.7 Å². The van der Waals surface area contributed by atoms with Crippen molar-refractivity contribution in [1.82, 2.24) is 0 Å².